The molecule has 2 saturated heterocycles. The molecular weight excluding hydrogens is 438 g/mol. The number of anilines is 1. The second kappa shape index (κ2) is 9.31. The summed E-state index contributed by atoms with van der Waals surface area (Å²) in [5.41, 5.74) is 4.81. The van der Waals surface area contributed by atoms with Gasteiger partial charge in [-0.2, -0.15) is 9.61 Å². The Morgan fingerprint density at radius 1 is 1.18 bits per heavy atom. The van der Waals surface area contributed by atoms with Crippen molar-refractivity contribution < 1.29 is 9.53 Å². The third-order valence-electron chi connectivity index (χ3n) is 6.72. The summed E-state index contributed by atoms with van der Waals surface area (Å²) >= 11 is 6.09. The summed E-state index contributed by atoms with van der Waals surface area (Å²) in [4.78, 5) is 19.8. The van der Waals surface area contributed by atoms with Crippen molar-refractivity contribution >= 4 is 29.0 Å². The molecule has 8 heteroatoms. The fourth-order valence-corrected chi connectivity index (χ4v) is 5.07. The summed E-state index contributed by atoms with van der Waals surface area (Å²) in [6.07, 6.45) is 3.96. The number of ether oxygens (including phenoxy) is 1. The fourth-order valence-electron chi connectivity index (χ4n) is 4.94. The van der Waals surface area contributed by atoms with Gasteiger partial charge in [0.2, 0.25) is 5.91 Å². The lowest BCUT2D eigenvalue weighted by Gasteiger charge is -2.33. The van der Waals surface area contributed by atoms with Crippen LogP contribution in [-0.4, -0.2) is 52.9 Å². The molecule has 1 aromatic carbocycles. The first-order valence-electron chi connectivity index (χ1n) is 11.8. The summed E-state index contributed by atoms with van der Waals surface area (Å²) < 4.78 is 7.57. The Morgan fingerprint density at radius 3 is 2.64 bits per heavy atom. The molecule has 1 atom stereocenters. The quantitative estimate of drug-likeness (QED) is 0.609. The Morgan fingerprint density at radius 2 is 1.94 bits per heavy atom. The van der Waals surface area contributed by atoms with Gasteiger partial charge in [0.1, 0.15) is 5.82 Å². The number of carbonyl (C=O) groups is 1. The highest BCUT2D eigenvalue weighted by molar-refractivity contribution is 6.30. The van der Waals surface area contributed by atoms with Crippen molar-refractivity contribution in [3.8, 4) is 11.1 Å². The zero-order chi connectivity index (χ0) is 22.9. The number of halogens is 1. The van der Waals surface area contributed by atoms with Crippen LogP contribution in [0, 0.1) is 19.8 Å². The van der Waals surface area contributed by atoms with Crippen molar-refractivity contribution in [1.82, 2.24) is 19.9 Å². The minimum atomic E-state index is 0.0464. The number of nitrogens with one attached hydrogen (secondary N) is 1. The molecule has 174 valence electrons. The van der Waals surface area contributed by atoms with Gasteiger partial charge in [-0.3, -0.25) is 4.79 Å². The largest absolute Gasteiger partial charge is 0.376 e. The van der Waals surface area contributed by atoms with Crippen LogP contribution in [-0.2, 0) is 9.53 Å². The molecule has 2 aliphatic heterocycles. The molecule has 2 aromatic heterocycles. The van der Waals surface area contributed by atoms with E-state index in [4.69, 9.17) is 26.4 Å². The fraction of sp³-hybridized carbons (Fsp3) is 0.480. The van der Waals surface area contributed by atoms with Crippen LogP contribution < -0.4 is 10.2 Å². The molecular formula is C25H30ClN5O2. The number of piperidine rings is 1. The van der Waals surface area contributed by atoms with E-state index >= 15 is 0 Å². The van der Waals surface area contributed by atoms with Crippen molar-refractivity contribution in [3.63, 3.8) is 0 Å². The van der Waals surface area contributed by atoms with Gasteiger partial charge in [-0.25, -0.2) is 4.98 Å². The average Bonchev–Trinajstić information content (AvgIpc) is 3.45. The van der Waals surface area contributed by atoms with E-state index in [0.29, 0.717) is 11.6 Å². The number of benzene rings is 1. The van der Waals surface area contributed by atoms with E-state index in [1.54, 1.807) is 0 Å². The van der Waals surface area contributed by atoms with Crippen LogP contribution in [0.15, 0.2) is 30.3 Å². The number of fused-ring (bicyclic) bond motifs is 1. The Bertz CT molecular complexity index is 1150. The molecule has 0 spiro atoms. The maximum atomic E-state index is 12.7. The predicted octanol–water partition coefficient (Wildman–Crippen LogP) is 4.18. The standard InChI is InChI=1S/C25H30ClN5O2/c1-16-14-22(30-11-9-19(10-12-30)25(32)27-15-21-4-3-13-33-21)31-24(28-16)23(17(2)29-31)18-5-7-20(26)8-6-18/h5-8,14,19,21H,3-4,9-13,15H2,1-2H3,(H,27,32). The normalized spacial score (nSPS) is 19.4. The van der Waals surface area contributed by atoms with Gasteiger partial charge in [0, 0.05) is 54.5 Å². The van der Waals surface area contributed by atoms with Gasteiger partial charge in [-0.15, -0.1) is 0 Å². The molecule has 0 aliphatic carbocycles. The topological polar surface area (TPSA) is 71.8 Å². The SMILES string of the molecule is Cc1cc(N2CCC(C(=O)NCC3CCCO3)CC2)n2nc(C)c(-c3ccc(Cl)cc3)c2n1. The maximum absolute atomic E-state index is 12.7. The monoisotopic (exact) mass is 467 g/mol. The van der Waals surface area contributed by atoms with Gasteiger partial charge >= 0.3 is 0 Å². The van der Waals surface area contributed by atoms with Crippen LogP contribution in [0.2, 0.25) is 5.02 Å². The van der Waals surface area contributed by atoms with Crippen LogP contribution in [0.25, 0.3) is 16.8 Å². The highest BCUT2D eigenvalue weighted by atomic mass is 35.5. The Hall–Kier alpha value is -2.64. The zero-order valence-electron chi connectivity index (χ0n) is 19.2. The third kappa shape index (κ3) is 4.57. The molecule has 5 rings (SSSR count). The summed E-state index contributed by atoms with van der Waals surface area (Å²) in [5.74, 6) is 1.23. The Labute approximate surface area is 199 Å². The van der Waals surface area contributed by atoms with E-state index in [1.165, 1.54) is 0 Å². The highest BCUT2D eigenvalue weighted by Crippen LogP contribution is 2.32. The zero-order valence-corrected chi connectivity index (χ0v) is 19.9. The highest BCUT2D eigenvalue weighted by Gasteiger charge is 2.28. The maximum Gasteiger partial charge on any atom is 0.223 e. The molecule has 0 radical (unpaired) electrons. The second-order valence-electron chi connectivity index (χ2n) is 9.10. The van der Waals surface area contributed by atoms with E-state index in [9.17, 15) is 4.79 Å². The van der Waals surface area contributed by atoms with Crippen molar-refractivity contribution in [2.75, 3.05) is 31.1 Å². The van der Waals surface area contributed by atoms with Crippen molar-refractivity contribution in [3.05, 3.63) is 46.7 Å². The van der Waals surface area contributed by atoms with Gasteiger partial charge in [0.15, 0.2) is 5.65 Å². The molecule has 7 nitrogen and oxygen atoms in total. The van der Waals surface area contributed by atoms with Gasteiger partial charge in [0.05, 0.1) is 11.8 Å². The van der Waals surface area contributed by atoms with Crippen LogP contribution >= 0.6 is 11.6 Å². The van der Waals surface area contributed by atoms with Gasteiger partial charge in [-0.05, 0) is 57.2 Å². The van der Waals surface area contributed by atoms with Crippen LogP contribution in [0.1, 0.15) is 37.1 Å². The second-order valence-corrected chi connectivity index (χ2v) is 9.54. The molecule has 1 amide bonds. The molecule has 1 N–H and O–H groups in total. The molecule has 4 heterocycles. The van der Waals surface area contributed by atoms with Crippen molar-refractivity contribution in [2.45, 2.75) is 45.6 Å². The van der Waals surface area contributed by atoms with Gasteiger partial charge in [-0.1, -0.05) is 23.7 Å². The number of nitrogens with zero attached hydrogens (tertiary/aromatic N) is 4. The summed E-state index contributed by atoms with van der Waals surface area (Å²) in [6, 6.07) is 9.90. The molecule has 1 unspecified atom stereocenters. The molecule has 0 bridgehead atoms. The van der Waals surface area contributed by atoms with Gasteiger partial charge < -0.3 is 15.0 Å². The van der Waals surface area contributed by atoms with E-state index in [1.807, 2.05) is 42.6 Å². The average molecular weight is 468 g/mol. The van der Waals surface area contributed by atoms with E-state index in [-0.39, 0.29) is 17.9 Å². The molecule has 33 heavy (non-hydrogen) atoms. The number of hydrogen-bond donors (Lipinski definition) is 1. The number of hydrogen-bond acceptors (Lipinski definition) is 5. The van der Waals surface area contributed by atoms with Crippen LogP contribution in [0.4, 0.5) is 5.82 Å². The summed E-state index contributed by atoms with van der Waals surface area (Å²) in [5, 5.41) is 8.65. The lowest BCUT2D eigenvalue weighted by Crippen LogP contribution is -2.43. The third-order valence-corrected chi connectivity index (χ3v) is 6.98. The number of amides is 1. The summed E-state index contributed by atoms with van der Waals surface area (Å²) in [7, 11) is 0. The molecule has 3 aromatic rings. The minimum Gasteiger partial charge on any atom is -0.376 e. The first-order valence-corrected chi connectivity index (χ1v) is 12.1. The predicted molar refractivity (Wildman–Crippen MR) is 130 cm³/mol. The molecule has 0 saturated carbocycles. The molecule has 2 fully saturated rings. The lowest BCUT2D eigenvalue weighted by atomic mass is 9.95. The van der Waals surface area contributed by atoms with Crippen LogP contribution in [0.3, 0.4) is 0 Å². The van der Waals surface area contributed by atoms with E-state index in [0.717, 1.165) is 79.4 Å². The molecule has 2 aliphatic rings. The number of carbonyl (C=O) groups excluding carboxylic acids is 1. The van der Waals surface area contributed by atoms with Crippen molar-refractivity contribution in [2.24, 2.45) is 5.92 Å². The van der Waals surface area contributed by atoms with Crippen molar-refractivity contribution in [1.29, 1.82) is 0 Å². The van der Waals surface area contributed by atoms with Crippen LogP contribution in [0.5, 0.6) is 0 Å². The minimum absolute atomic E-state index is 0.0464. The van der Waals surface area contributed by atoms with Gasteiger partial charge in [0.25, 0.3) is 0 Å². The number of rotatable bonds is 5. The van der Waals surface area contributed by atoms with E-state index < -0.39 is 0 Å². The summed E-state index contributed by atoms with van der Waals surface area (Å²) in [6.45, 7) is 7.09. The first-order chi connectivity index (χ1) is 16.0. The lowest BCUT2D eigenvalue weighted by molar-refractivity contribution is -0.126. The smallest absolute Gasteiger partial charge is 0.223 e. The Kier molecular flexibility index (Phi) is 6.25. The number of aryl methyl sites for hydroxylation is 2. The Balaban J connectivity index is 1.33. The van der Waals surface area contributed by atoms with E-state index in [2.05, 4.69) is 16.3 Å². The first kappa shape index (κ1) is 22.2. The number of aromatic nitrogens is 3.